The molecule has 1 saturated heterocycles. The van der Waals surface area contributed by atoms with E-state index in [-0.39, 0.29) is 11.3 Å². The Kier molecular flexibility index (Phi) is 4.49. The fourth-order valence-electron chi connectivity index (χ4n) is 2.95. The average Bonchev–Trinajstić information content (AvgIpc) is 2.92. The molecule has 1 fully saturated rings. The van der Waals surface area contributed by atoms with E-state index in [0.29, 0.717) is 11.1 Å². The van der Waals surface area contributed by atoms with E-state index in [9.17, 15) is 32.9 Å². The zero-order valence-electron chi connectivity index (χ0n) is 13.4. The van der Waals surface area contributed by atoms with E-state index in [1.54, 1.807) is 0 Å². The Balaban J connectivity index is 2.39. The normalized spacial score (nSPS) is 20.6. The molecule has 0 bridgehead atoms. The molecule has 136 valence electrons. The number of aliphatic carboxylic acids is 1. The lowest BCUT2D eigenvalue weighted by atomic mass is 9.86. The summed E-state index contributed by atoms with van der Waals surface area (Å²) in [6.45, 7) is 1.57. The van der Waals surface area contributed by atoms with Gasteiger partial charge in [0.1, 0.15) is 0 Å². The number of carbonyl (C=O) groups is 2. The van der Waals surface area contributed by atoms with E-state index >= 15 is 0 Å². The van der Waals surface area contributed by atoms with Crippen LogP contribution in [0.2, 0.25) is 0 Å². The Morgan fingerprint density at radius 1 is 1.28 bits per heavy atom. The highest BCUT2D eigenvalue weighted by Crippen LogP contribution is 2.46. The number of hydrogen-bond donors (Lipinski definition) is 1. The Labute approximate surface area is 140 Å². The van der Waals surface area contributed by atoms with Gasteiger partial charge in [0.25, 0.3) is 11.6 Å². The number of rotatable bonds is 3. The maximum atomic E-state index is 13.2. The number of nitro benzene ring substituents is 1. The molecule has 0 aliphatic carbocycles. The van der Waals surface area contributed by atoms with Gasteiger partial charge >= 0.3 is 12.1 Å². The fourth-order valence-corrected chi connectivity index (χ4v) is 2.95. The number of alkyl halides is 3. The van der Waals surface area contributed by atoms with Gasteiger partial charge in [0, 0.05) is 30.3 Å². The van der Waals surface area contributed by atoms with Gasteiger partial charge in [-0.15, -0.1) is 0 Å². The van der Waals surface area contributed by atoms with Crippen LogP contribution >= 0.6 is 0 Å². The Hall–Kier alpha value is -2.65. The molecule has 1 N–H and O–H groups in total. The highest BCUT2D eigenvalue weighted by Gasteiger charge is 2.64. The van der Waals surface area contributed by atoms with Gasteiger partial charge in [-0.1, -0.05) is 0 Å². The van der Waals surface area contributed by atoms with Crippen molar-refractivity contribution in [3.8, 4) is 0 Å². The van der Waals surface area contributed by atoms with Gasteiger partial charge in [0.05, 0.1) is 4.92 Å². The number of aryl methyl sites for hydroxylation is 2. The van der Waals surface area contributed by atoms with E-state index in [1.807, 2.05) is 0 Å². The number of carboxylic acids is 1. The molecule has 25 heavy (non-hydrogen) atoms. The molecular weight excluding hydrogens is 345 g/mol. The first-order valence-corrected chi connectivity index (χ1v) is 7.26. The number of carbonyl (C=O) groups excluding carboxylic acids is 1. The van der Waals surface area contributed by atoms with Crippen molar-refractivity contribution in [1.29, 1.82) is 0 Å². The van der Waals surface area contributed by atoms with E-state index in [1.165, 1.54) is 19.9 Å². The van der Waals surface area contributed by atoms with Crippen LogP contribution in [0.3, 0.4) is 0 Å². The van der Waals surface area contributed by atoms with Gasteiger partial charge in [0.2, 0.25) is 0 Å². The van der Waals surface area contributed by atoms with Crippen molar-refractivity contribution in [2.75, 3.05) is 13.1 Å². The lowest BCUT2D eigenvalue weighted by molar-refractivity contribution is -0.385. The average molecular weight is 360 g/mol. The van der Waals surface area contributed by atoms with Crippen molar-refractivity contribution >= 4 is 17.6 Å². The summed E-state index contributed by atoms with van der Waals surface area (Å²) < 4.78 is 39.6. The number of halogens is 3. The summed E-state index contributed by atoms with van der Waals surface area (Å²) in [5.74, 6) is -2.89. The summed E-state index contributed by atoms with van der Waals surface area (Å²) >= 11 is 0. The zero-order valence-corrected chi connectivity index (χ0v) is 13.4. The Morgan fingerprint density at radius 3 is 2.32 bits per heavy atom. The summed E-state index contributed by atoms with van der Waals surface area (Å²) in [7, 11) is 0. The molecule has 1 atom stereocenters. The van der Waals surface area contributed by atoms with Crippen LogP contribution in [0.15, 0.2) is 12.1 Å². The molecule has 1 aromatic carbocycles. The molecule has 1 heterocycles. The number of nitrogens with zero attached hydrogens (tertiary/aromatic N) is 2. The zero-order chi connectivity index (χ0) is 19.2. The topological polar surface area (TPSA) is 101 Å². The number of nitro groups is 1. The largest absolute Gasteiger partial charge is 0.481 e. The lowest BCUT2D eigenvalue weighted by Crippen LogP contribution is -2.47. The first kappa shape index (κ1) is 18.7. The summed E-state index contributed by atoms with van der Waals surface area (Å²) in [4.78, 5) is 34.8. The van der Waals surface area contributed by atoms with Crippen LogP contribution in [-0.4, -0.2) is 46.1 Å². The summed E-state index contributed by atoms with van der Waals surface area (Å²) in [5, 5.41) is 20.0. The van der Waals surface area contributed by atoms with Crippen molar-refractivity contribution in [3.63, 3.8) is 0 Å². The second-order valence-electron chi connectivity index (χ2n) is 6.07. The predicted octanol–water partition coefficient (Wildman–Crippen LogP) is 2.69. The maximum absolute atomic E-state index is 13.2. The van der Waals surface area contributed by atoms with E-state index in [2.05, 4.69) is 0 Å². The van der Waals surface area contributed by atoms with Gasteiger partial charge in [-0.05, 0) is 31.9 Å². The SMILES string of the molecule is Cc1cc(C)c([N+](=O)[O-])cc1C(=O)N1CCC(C(=O)O)(C(F)(F)F)C1. The predicted molar refractivity (Wildman–Crippen MR) is 79.2 cm³/mol. The van der Waals surface area contributed by atoms with E-state index in [0.717, 1.165) is 11.0 Å². The third-order valence-corrected chi connectivity index (χ3v) is 4.48. The molecule has 1 amide bonds. The fraction of sp³-hybridized carbons (Fsp3) is 0.467. The maximum Gasteiger partial charge on any atom is 0.406 e. The third-order valence-electron chi connectivity index (χ3n) is 4.48. The molecule has 0 saturated carbocycles. The highest BCUT2D eigenvalue weighted by molar-refractivity contribution is 5.97. The van der Waals surface area contributed by atoms with Crippen molar-refractivity contribution in [2.24, 2.45) is 5.41 Å². The molecule has 0 spiro atoms. The van der Waals surface area contributed by atoms with E-state index < -0.39 is 47.9 Å². The van der Waals surface area contributed by atoms with Crippen molar-refractivity contribution < 1.29 is 32.8 Å². The highest BCUT2D eigenvalue weighted by atomic mass is 19.4. The summed E-state index contributed by atoms with van der Waals surface area (Å²) in [5.41, 5.74) is -2.77. The van der Waals surface area contributed by atoms with Crippen LogP contribution in [0.5, 0.6) is 0 Å². The lowest BCUT2D eigenvalue weighted by Gasteiger charge is -2.27. The van der Waals surface area contributed by atoms with Crippen LogP contribution in [-0.2, 0) is 4.79 Å². The summed E-state index contributed by atoms with van der Waals surface area (Å²) in [6, 6.07) is 2.41. The summed E-state index contributed by atoms with van der Waals surface area (Å²) in [6.07, 6.45) is -5.77. The van der Waals surface area contributed by atoms with Crippen molar-refractivity contribution in [2.45, 2.75) is 26.4 Å². The van der Waals surface area contributed by atoms with Crippen molar-refractivity contribution in [1.82, 2.24) is 4.90 Å². The van der Waals surface area contributed by atoms with Crippen LogP contribution in [0.4, 0.5) is 18.9 Å². The molecule has 10 heteroatoms. The molecule has 2 rings (SSSR count). The second kappa shape index (κ2) is 6.01. The molecule has 1 aliphatic rings. The molecule has 1 unspecified atom stereocenters. The number of hydrogen-bond acceptors (Lipinski definition) is 4. The standard InChI is InChI=1S/C15H15F3N2O5/c1-8-5-9(2)11(20(24)25)6-10(8)12(21)19-4-3-14(7-19,13(22)23)15(16,17)18/h5-6H,3-4,7H2,1-2H3,(H,22,23). The van der Waals surface area contributed by atoms with Crippen LogP contribution in [0.1, 0.15) is 27.9 Å². The second-order valence-corrected chi connectivity index (χ2v) is 6.07. The van der Waals surface area contributed by atoms with Gasteiger partial charge in [-0.3, -0.25) is 19.7 Å². The minimum Gasteiger partial charge on any atom is -0.481 e. The van der Waals surface area contributed by atoms with Gasteiger partial charge in [-0.25, -0.2) is 0 Å². The number of carboxylic acid groups (broad SMARTS) is 1. The molecule has 1 aliphatic heterocycles. The first-order chi connectivity index (χ1) is 11.4. The molecule has 1 aromatic rings. The third kappa shape index (κ3) is 3.03. The van der Waals surface area contributed by atoms with Gasteiger partial charge < -0.3 is 10.0 Å². The number of benzene rings is 1. The molecule has 0 aromatic heterocycles. The van der Waals surface area contributed by atoms with Crippen molar-refractivity contribution in [3.05, 3.63) is 38.9 Å². The number of amides is 1. The van der Waals surface area contributed by atoms with Gasteiger partial charge in [0.15, 0.2) is 5.41 Å². The smallest absolute Gasteiger partial charge is 0.406 e. The van der Waals surface area contributed by atoms with Crippen LogP contribution < -0.4 is 0 Å². The van der Waals surface area contributed by atoms with Crippen LogP contribution in [0, 0.1) is 29.4 Å². The quantitative estimate of drug-likeness (QED) is 0.660. The van der Waals surface area contributed by atoms with E-state index in [4.69, 9.17) is 5.11 Å². The molecule has 7 nitrogen and oxygen atoms in total. The first-order valence-electron chi connectivity index (χ1n) is 7.26. The Bertz CT molecular complexity index is 762. The minimum atomic E-state index is -5.01. The molecular formula is C15H15F3N2O5. The van der Waals surface area contributed by atoms with Gasteiger partial charge in [-0.2, -0.15) is 13.2 Å². The monoisotopic (exact) mass is 360 g/mol. The molecule has 0 radical (unpaired) electrons. The number of likely N-dealkylation sites (tertiary alicyclic amines) is 1. The van der Waals surface area contributed by atoms with Crippen LogP contribution in [0.25, 0.3) is 0 Å². The minimum absolute atomic E-state index is 0.110. The Morgan fingerprint density at radius 2 is 1.88 bits per heavy atom.